The lowest BCUT2D eigenvalue weighted by molar-refractivity contribution is -0.385. The van der Waals surface area contributed by atoms with Gasteiger partial charge in [-0.3, -0.25) is 14.9 Å². The van der Waals surface area contributed by atoms with Crippen LogP contribution < -0.4 is 5.73 Å². The molecule has 6 nitrogen and oxygen atoms in total. The lowest BCUT2D eigenvalue weighted by Gasteiger charge is -2.12. The van der Waals surface area contributed by atoms with E-state index in [0.717, 1.165) is 17.8 Å². The summed E-state index contributed by atoms with van der Waals surface area (Å²) in [6.07, 6.45) is 1.08. The second-order valence-corrected chi connectivity index (χ2v) is 5.81. The summed E-state index contributed by atoms with van der Waals surface area (Å²) in [6, 6.07) is 7.04. The highest BCUT2D eigenvalue weighted by atomic mass is 32.2. The van der Waals surface area contributed by atoms with Crippen LogP contribution in [-0.2, 0) is 0 Å². The topological polar surface area (TPSA) is 99.1 Å². The van der Waals surface area contributed by atoms with Crippen molar-refractivity contribution in [2.75, 3.05) is 0 Å². The Kier molecular flexibility index (Phi) is 4.71. The molecule has 22 heavy (non-hydrogen) atoms. The molecule has 0 spiro atoms. The molecule has 0 fully saturated rings. The number of amides is 1. The molecule has 1 atom stereocenters. The second kappa shape index (κ2) is 6.52. The van der Waals surface area contributed by atoms with Gasteiger partial charge in [0, 0.05) is 11.3 Å². The van der Waals surface area contributed by atoms with Crippen LogP contribution in [0, 0.1) is 15.9 Å². The molecule has 2 N–H and O–H groups in total. The zero-order chi connectivity index (χ0) is 16.3. The Morgan fingerprint density at radius 2 is 2.05 bits per heavy atom. The number of nitrogens with zero attached hydrogens (tertiary/aromatic N) is 2. The lowest BCUT2D eigenvalue weighted by atomic mass is 10.2. The van der Waals surface area contributed by atoms with E-state index in [2.05, 4.69) is 4.98 Å². The van der Waals surface area contributed by atoms with Crippen molar-refractivity contribution < 1.29 is 14.1 Å². The maximum Gasteiger partial charge on any atom is 0.288 e. The van der Waals surface area contributed by atoms with Crippen molar-refractivity contribution in [2.24, 2.45) is 5.73 Å². The van der Waals surface area contributed by atoms with E-state index < -0.39 is 10.8 Å². The molecule has 2 aromatic rings. The standard InChI is InChI=1S/C14H12FN3O3S/c1-8(9-2-4-10(15)5-3-9)22-14-12(13(16)19)6-11(7-17-14)18(20)21/h2-8H,1H3,(H2,16,19). The van der Waals surface area contributed by atoms with E-state index in [1.54, 1.807) is 12.1 Å². The zero-order valence-electron chi connectivity index (χ0n) is 11.5. The lowest BCUT2D eigenvalue weighted by Crippen LogP contribution is -2.13. The number of carbonyl (C=O) groups excluding carboxylic acids is 1. The van der Waals surface area contributed by atoms with Crippen molar-refractivity contribution in [3.63, 3.8) is 0 Å². The summed E-state index contributed by atoms with van der Waals surface area (Å²) in [7, 11) is 0. The van der Waals surface area contributed by atoms with E-state index in [-0.39, 0.29) is 22.3 Å². The Labute approximate surface area is 129 Å². The molecule has 0 aliphatic rings. The molecule has 0 aliphatic heterocycles. The fraction of sp³-hybridized carbons (Fsp3) is 0.143. The summed E-state index contributed by atoms with van der Waals surface area (Å²) < 4.78 is 12.9. The summed E-state index contributed by atoms with van der Waals surface area (Å²) in [5, 5.41) is 10.9. The van der Waals surface area contributed by atoms with Crippen LogP contribution in [0.5, 0.6) is 0 Å². The van der Waals surface area contributed by atoms with E-state index in [0.29, 0.717) is 5.03 Å². The molecule has 2 rings (SSSR count). The first-order chi connectivity index (χ1) is 10.4. The van der Waals surface area contributed by atoms with Gasteiger partial charge in [0.1, 0.15) is 17.0 Å². The van der Waals surface area contributed by atoms with E-state index in [9.17, 15) is 19.3 Å². The number of aromatic nitrogens is 1. The predicted molar refractivity (Wildman–Crippen MR) is 80.1 cm³/mol. The van der Waals surface area contributed by atoms with Gasteiger partial charge in [-0.05, 0) is 24.6 Å². The number of primary amides is 1. The van der Waals surface area contributed by atoms with Gasteiger partial charge in [0.05, 0.1) is 10.5 Å². The first-order valence-corrected chi connectivity index (χ1v) is 7.13. The highest BCUT2D eigenvalue weighted by Crippen LogP contribution is 2.36. The van der Waals surface area contributed by atoms with Crippen LogP contribution in [0.15, 0.2) is 41.6 Å². The minimum absolute atomic E-state index is 0.00633. The van der Waals surface area contributed by atoms with E-state index in [4.69, 9.17) is 5.73 Å². The SMILES string of the molecule is CC(Sc1ncc([N+](=O)[O-])cc1C(N)=O)c1ccc(F)cc1. The summed E-state index contributed by atoms with van der Waals surface area (Å²) in [4.78, 5) is 25.5. The Morgan fingerprint density at radius 1 is 1.41 bits per heavy atom. The highest BCUT2D eigenvalue weighted by Gasteiger charge is 2.19. The molecule has 1 amide bonds. The number of nitro groups is 1. The van der Waals surface area contributed by atoms with Crippen LogP contribution >= 0.6 is 11.8 Å². The number of hydrogen-bond donors (Lipinski definition) is 1. The van der Waals surface area contributed by atoms with Gasteiger partial charge >= 0.3 is 0 Å². The maximum atomic E-state index is 12.9. The first kappa shape index (κ1) is 15.9. The molecule has 1 aromatic heterocycles. The van der Waals surface area contributed by atoms with Crippen molar-refractivity contribution in [3.8, 4) is 0 Å². The Balaban J connectivity index is 2.30. The minimum Gasteiger partial charge on any atom is -0.366 e. The van der Waals surface area contributed by atoms with Gasteiger partial charge in [0.2, 0.25) is 0 Å². The summed E-state index contributed by atoms with van der Waals surface area (Å²) in [5.41, 5.74) is 5.78. The predicted octanol–water partition coefficient (Wildman–Crippen LogP) is 3.08. The van der Waals surface area contributed by atoms with Crippen molar-refractivity contribution in [1.82, 2.24) is 4.98 Å². The molecule has 114 valence electrons. The second-order valence-electron chi connectivity index (χ2n) is 4.48. The molecular weight excluding hydrogens is 309 g/mol. The molecule has 0 bridgehead atoms. The van der Waals surface area contributed by atoms with Crippen LogP contribution in [-0.4, -0.2) is 15.8 Å². The van der Waals surface area contributed by atoms with Crippen molar-refractivity contribution in [1.29, 1.82) is 0 Å². The van der Waals surface area contributed by atoms with Gasteiger partial charge in [-0.1, -0.05) is 23.9 Å². The van der Waals surface area contributed by atoms with E-state index in [1.165, 1.54) is 23.9 Å². The molecule has 0 radical (unpaired) electrons. The van der Waals surface area contributed by atoms with Gasteiger partial charge in [0.25, 0.3) is 11.6 Å². The van der Waals surface area contributed by atoms with Crippen LogP contribution in [0.25, 0.3) is 0 Å². The number of halogens is 1. The number of rotatable bonds is 5. The van der Waals surface area contributed by atoms with Crippen LogP contribution in [0.2, 0.25) is 0 Å². The number of thioether (sulfide) groups is 1. The van der Waals surface area contributed by atoms with E-state index >= 15 is 0 Å². The number of nitrogens with two attached hydrogens (primary N) is 1. The van der Waals surface area contributed by atoms with Gasteiger partial charge < -0.3 is 5.73 Å². The number of pyridine rings is 1. The summed E-state index contributed by atoms with van der Waals surface area (Å²) >= 11 is 1.22. The molecule has 1 aromatic carbocycles. The fourth-order valence-electron chi connectivity index (χ4n) is 1.78. The quantitative estimate of drug-likeness (QED) is 0.518. The van der Waals surface area contributed by atoms with Crippen molar-refractivity contribution in [2.45, 2.75) is 17.2 Å². The van der Waals surface area contributed by atoms with Gasteiger partial charge in [-0.15, -0.1) is 0 Å². The van der Waals surface area contributed by atoms with E-state index in [1.807, 2.05) is 6.92 Å². The van der Waals surface area contributed by atoms with Gasteiger partial charge in [0.15, 0.2) is 0 Å². The Morgan fingerprint density at radius 3 is 2.59 bits per heavy atom. The van der Waals surface area contributed by atoms with Gasteiger partial charge in [-0.25, -0.2) is 9.37 Å². The highest BCUT2D eigenvalue weighted by molar-refractivity contribution is 7.99. The average molecular weight is 321 g/mol. The third-order valence-electron chi connectivity index (χ3n) is 2.94. The third kappa shape index (κ3) is 3.59. The van der Waals surface area contributed by atoms with Crippen LogP contribution in [0.4, 0.5) is 10.1 Å². The monoisotopic (exact) mass is 321 g/mol. The van der Waals surface area contributed by atoms with Crippen LogP contribution in [0.3, 0.4) is 0 Å². The third-order valence-corrected chi connectivity index (χ3v) is 4.12. The average Bonchev–Trinajstić information content (AvgIpc) is 2.47. The zero-order valence-corrected chi connectivity index (χ0v) is 12.3. The normalized spacial score (nSPS) is 11.9. The maximum absolute atomic E-state index is 12.9. The molecule has 0 aliphatic carbocycles. The first-order valence-electron chi connectivity index (χ1n) is 6.25. The molecular formula is C14H12FN3O3S. The summed E-state index contributed by atoms with van der Waals surface area (Å²) in [5.74, 6) is -1.13. The Hall–Kier alpha value is -2.48. The minimum atomic E-state index is -0.787. The number of carbonyl (C=O) groups is 1. The fourth-order valence-corrected chi connectivity index (χ4v) is 2.81. The van der Waals surface area contributed by atoms with Gasteiger partial charge in [-0.2, -0.15) is 0 Å². The summed E-state index contributed by atoms with van der Waals surface area (Å²) in [6.45, 7) is 1.85. The molecule has 1 heterocycles. The van der Waals surface area contributed by atoms with Crippen molar-refractivity contribution in [3.05, 3.63) is 63.6 Å². The molecule has 1 unspecified atom stereocenters. The van der Waals surface area contributed by atoms with Crippen LogP contribution in [0.1, 0.15) is 28.1 Å². The largest absolute Gasteiger partial charge is 0.366 e. The number of benzene rings is 1. The number of hydrogen-bond acceptors (Lipinski definition) is 5. The smallest absolute Gasteiger partial charge is 0.288 e. The molecule has 0 saturated carbocycles. The van der Waals surface area contributed by atoms with Crippen molar-refractivity contribution >= 4 is 23.4 Å². The Bertz CT molecular complexity index is 722. The molecule has 0 saturated heterocycles. The molecule has 8 heteroatoms.